The van der Waals surface area contributed by atoms with Gasteiger partial charge in [-0.2, -0.15) is 13.2 Å². The second kappa shape index (κ2) is 4.73. The highest BCUT2D eigenvalue weighted by molar-refractivity contribution is 7.71. The average Bonchev–Trinajstić information content (AvgIpc) is 2.31. The van der Waals surface area contributed by atoms with Gasteiger partial charge in [-0.25, -0.2) is 9.37 Å². The van der Waals surface area contributed by atoms with Gasteiger partial charge in [0.1, 0.15) is 10.5 Å². The summed E-state index contributed by atoms with van der Waals surface area (Å²) in [6, 6.07) is 2.73. The smallest absolute Gasteiger partial charge is 0.346 e. The maximum atomic E-state index is 13.5. The van der Waals surface area contributed by atoms with Crippen LogP contribution in [-0.4, -0.2) is 9.97 Å². The largest absolute Gasteiger partial charge is 0.419 e. The van der Waals surface area contributed by atoms with Crippen molar-refractivity contribution in [2.75, 3.05) is 0 Å². The number of benzene rings is 1. The van der Waals surface area contributed by atoms with Gasteiger partial charge in [-0.15, -0.1) is 0 Å². The molecule has 1 aromatic heterocycles. The van der Waals surface area contributed by atoms with Gasteiger partial charge in [0.15, 0.2) is 0 Å². The molecule has 100 valence electrons. The highest BCUT2D eigenvalue weighted by Gasteiger charge is 2.34. The highest BCUT2D eigenvalue weighted by Crippen LogP contribution is 2.33. The Bertz CT molecular complexity index is 676. The van der Waals surface area contributed by atoms with Crippen molar-refractivity contribution < 1.29 is 17.6 Å². The minimum Gasteiger partial charge on any atom is -0.346 e. The van der Waals surface area contributed by atoms with Crippen LogP contribution in [0, 0.1) is 17.4 Å². The van der Waals surface area contributed by atoms with E-state index in [1.807, 2.05) is 0 Å². The first-order chi connectivity index (χ1) is 8.80. The van der Waals surface area contributed by atoms with Gasteiger partial charge >= 0.3 is 6.18 Å². The molecule has 0 aliphatic rings. The number of alkyl halides is 3. The normalized spacial score (nSPS) is 11.6. The molecule has 1 N–H and O–H groups in total. The van der Waals surface area contributed by atoms with Gasteiger partial charge in [0.25, 0.3) is 0 Å². The molecule has 19 heavy (non-hydrogen) atoms. The van der Waals surface area contributed by atoms with Gasteiger partial charge in [-0.05, 0) is 19.1 Å². The summed E-state index contributed by atoms with van der Waals surface area (Å²) in [7, 11) is 0. The van der Waals surface area contributed by atoms with E-state index < -0.39 is 17.6 Å². The molecule has 0 saturated carbocycles. The van der Waals surface area contributed by atoms with E-state index >= 15 is 0 Å². The van der Waals surface area contributed by atoms with Gasteiger partial charge in [0, 0.05) is 11.1 Å². The van der Waals surface area contributed by atoms with E-state index in [9.17, 15) is 17.6 Å². The molecule has 1 heterocycles. The number of rotatable bonds is 1. The number of H-pyrrole nitrogens is 1. The molecular formula is C12H8F4N2S. The number of halogens is 4. The quantitative estimate of drug-likeness (QED) is 0.627. The summed E-state index contributed by atoms with van der Waals surface area (Å²) in [5.74, 6) is -1.32. The number of aromatic amines is 1. The first-order valence-corrected chi connectivity index (χ1v) is 5.63. The lowest BCUT2D eigenvalue weighted by Crippen LogP contribution is -2.08. The predicted octanol–water partition coefficient (Wildman–Crippen LogP) is 4.27. The highest BCUT2D eigenvalue weighted by atomic mass is 32.1. The molecule has 0 atom stereocenters. The Balaban J connectivity index is 2.57. The first-order valence-electron chi connectivity index (χ1n) is 5.22. The molecule has 0 bridgehead atoms. The van der Waals surface area contributed by atoms with Crippen LogP contribution in [0.25, 0.3) is 11.3 Å². The average molecular weight is 288 g/mol. The third-order valence-electron chi connectivity index (χ3n) is 2.65. The van der Waals surface area contributed by atoms with Gasteiger partial charge in [-0.1, -0.05) is 18.3 Å². The summed E-state index contributed by atoms with van der Waals surface area (Å²) in [4.78, 5) is 6.58. The van der Waals surface area contributed by atoms with Crippen molar-refractivity contribution in [2.45, 2.75) is 13.1 Å². The lowest BCUT2D eigenvalue weighted by atomic mass is 10.1. The van der Waals surface area contributed by atoms with E-state index in [2.05, 4.69) is 9.97 Å². The van der Waals surface area contributed by atoms with E-state index in [1.165, 1.54) is 12.4 Å². The van der Waals surface area contributed by atoms with Gasteiger partial charge < -0.3 is 4.98 Å². The Labute approximate surface area is 111 Å². The Hall–Kier alpha value is -1.76. The second-order valence-corrected chi connectivity index (χ2v) is 4.29. The summed E-state index contributed by atoms with van der Waals surface area (Å²) in [6.45, 7) is 1.66. The Morgan fingerprint density at radius 2 is 1.95 bits per heavy atom. The van der Waals surface area contributed by atoms with Crippen molar-refractivity contribution in [2.24, 2.45) is 0 Å². The molecule has 0 amide bonds. The summed E-state index contributed by atoms with van der Waals surface area (Å²) in [6.07, 6.45) is -3.39. The summed E-state index contributed by atoms with van der Waals surface area (Å²) >= 11 is 4.95. The topological polar surface area (TPSA) is 28.7 Å². The molecule has 0 spiro atoms. The summed E-state index contributed by atoms with van der Waals surface area (Å²) < 4.78 is 51.2. The molecular weight excluding hydrogens is 280 g/mol. The first kappa shape index (κ1) is 13.7. The maximum absolute atomic E-state index is 13.5. The molecule has 0 aliphatic heterocycles. The van der Waals surface area contributed by atoms with Crippen LogP contribution in [0.5, 0.6) is 0 Å². The van der Waals surface area contributed by atoms with Gasteiger partial charge in [-0.3, -0.25) is 0 Å². The molecule has 2 aromatic rings. The number of hydrogen-bond acceptors (Lipinski definition) is 2. The molecule has 0 unspecified atom stereocenters. The Morgan fingerprint density at radius 3 is 2.53 bits per heavy atom. The fourth-order valence-corrected chi connectivity index (χ4v) is 1.82. The zero-order valence-electron chi connectivity index (χ0n) is 9.68. The molecule has 0 aliphatic carbocycles. The molecule has 0 radical (unpaired) electrons. The lowest BCUT2D eigenvalue weighted by molar-refractivity contribution is -0.139. The van der Waals surface area contributed by atoms with Crippen molar-refractivity contribution >= 4 is 12.2 Å². The van der Waals surface area contributed by atoms with Crippen LogP contribution in [-0.2, 0) is 6.18 Å². The minimum atomic E-state index is -4.71. The van der Waals surface area contributed by atoms with E-state index in [0.717, 1.165) is 6.07 Å². The van der Waals surface area contributed by atoms with E-state index in [4.69, 9.17) is 12.2 Å². The predicted molar refractivity (Wildman–Crippen MR) is 64.6 cm³/mol. The van der Waals surface area contributed by atoms with Crippen LogP contribution < -0.4 is 0 Å². The van der Waals surface area contributed by atoms with E-state index in [1.54, 1.807) is 6.92 Å². The SMILES string of the molecule is Cc1c(-c2ccc(C(F)(F)F)c(F)c2)[nH]cnc1=S. The van der Waals surface area contributed by atoms with Crippen molar-refractivity contribution in [1.82, 2.24) is 9.97 Å². The third-order valence-corrected chi connectivity index (χ3v) is 3.06. The Morgan fingerprint density at radius 1 is 1.26 bits per heavy atom. The molecule has 0 fully saturated rings. The van der Waals surface area contributed by atoms with Crippen LogP contribution in [0.4, 0.5) is 17.6 Å². The van der Waals surface area contributed by atoms with E-state index in [-0.39, 0.29) is 5.56 Å². The fraction of sp³-hybridized carbons (Fsp3) is 0.167. The Kier molecular flexibility index (Phi) is 3.40. The third kappa shape index (κ3) is 2.65. The van der Waals surface area contributed by atoms with Crippen LogP contribution in [0.1, 0.15) is 11.1 Å². The van der Waals surface area contributed by atoms with Gasteiger partial charge in [0.2, 0.25) is 0 Å². The minimum absolute atomic E-state index is 0.288. The van der Waals surface area contributed by atoms with E-state index in [0.29, 0.717) is 22.0 Å². The van der Waals surface area contributed by atoms with Crippen molar-refractivity contribution in [1.29, 1.82) is 0 Å². The van der Waals surface area contributed by atoms with Crippen LogP contribution in [0.2, 0.25) is 0 Å². The second-order valence-electron chi connectivity index (χ2n) is 3.90. The maximum Gasteiger partial charge on any atom is 0.419 e. The zero-order chi connectivity index (χ0) is 14.2. The van der Waals surface area contributed by atoms with Crippen LogP contribution in [0.3, 0.4) is 0 Å². The molecule has 2 rings (SSSR count). The number of aromatic nitrogens is 2. The molecule has 7 heteroatoms. The van der Waals surface area contributed by atoms with Crippen molar-refractivity contribution in [3.05, 3.63) is 46.1 Å². The molecule has 2 nitrogen and oxygen atoms in total. The fourth-order valence-electron chi connectivity index (χ4n) is 1.67. The summed E-state index contributed by atoms with van der Waals surface area (Å²) in [5.41, 5.74) is 0.0299. The zero-order valence-corrected chi connectivity index (χ0v) is 10.5. The lowest BCUT2D eigenvalue weighted by Gasteiger charge is -2.10. The van der Waals surface area contributed by atoms with Crippen LogP contribution in [0.15, 0.2) is 24.5 Å². The monoisotopic (exact) mass is 288 g/mol. The number of nitrogens with zero attached hydrogens (tertiary/aromatic N) is 1. The standard InChI is InChI=1S/C12H8F4N2S/c1-6-10(17-5-18-11(6)19)7-2-3-8(9(13)4-7)12(14,15)16/h2-5H,1H3,(H,17,18,19). The van der Waals surface area contributed by atoms with Crippen molar-refractivity contribution in [3.8, 4) is 11.3 Å². The van der Waals surface area contributed by atoms with Gasteiger partial charge in [0.05, 0.1) is 17.6 Å². The molecule has 1 aromatic carbocycles. The number of nitrogens with one attached hydrogen (secondary N) is 1. The number of hydrogen-bond donors (Lipinski definition) is 1. The van der Waals surface area contributed by atoms with Crippen molar-refractivity contribution in [3.63, 3.8) is 0 Å². The summed E-state index contributed by atoms with van der Waals surface area (Å²) in [5, 5.41) is 0. The molecule has 0 saturated heterocycles. The van der Waals surface area contributed by atoms with Crippen LogP contribution >= 0.6 is 12.2 Å².